The van der Waals surface area contributed by atoms with E-state index in [1.807, 2.05) is 105 Å². The molecule has 0 bridgehead atoms. The quantitative estimate of drug-likeness (QED) is 0.360. The maximum absolute atomic E-state index is 13.1. The maximum Gasteiger partial charge on any atom is 0.340 e. The second kappa shape index (κ2) is 8.75. The molecule has 1 aromatic heterocycles. The summed E-state index contributed by atoms with van der Waals surface area (Å²) >= 11 is 0. The number of rotatable bonds is 5. The third-order valence-electron chi connectivity index (χ3n) is 5.05. The molecule has 0 unspecified atom stereocenters. The van der Waals surface area contributed by atoms with Gasteiger partial charge < -0.3 is 4.74 Å². The first-order valence-electron chi connectivity index (χ1n) is 10.1. The number of esters is 1. The molecule has 0 atom stereocenters. The minimum absolute atomic E-state index is 0.306. The zero-order valence-electron chi connectivity index (χ0n) is 17.1. The standard InChI is InChI=1S/C27H23NO2/c1-3-30-27(29)25-23(20-13-6-4-7-14-20)18-24(21-15-8-5-9-16-21)28-26(25)22-17-11-10-12-19(22)2/h4-18H,3H2,1-2H3. The Balaban J connectivity index is 2.08. The second-order valence-corrected chi connectivity index (χ2v) is 7.05. The summed E-state index contributed by atoms with van der Waals surface area (Å²) in [5.74, 6) is -0.360. The fourth-order valence-corrected chi connectivity index (χ4v) is 3.59. The van der Waals surface area contributed by atoms with Crippen molar-refractivity contribution in [1.82, 2.24) is 4.98 Å². The van der Waals surface area contributed by atoms with E-state index in [-0.39, 0.29) is 5.97 Å². The lowest BCUT2D eigenvalue weighted by Crippen LogP contribution is -2.11. The van der Waals surface area contributed by atoms with Gasteiger partial charge in [-0.3, -0.25) is 0 Å². The van der Waals surface area contributed by atoms with Gasteiger partial charge >= 0.3 is 5.97 Å². The molecule has 0 amide bonds. The number of benzene rings is 3. The van der Waals surface area contributed by atoms with E-state index < -0.39 is 0 Å². The van der Waals surface area contributed by atoms with Crippen molar-refractivity contribution in [3.8, 4) is 33.6 Å². The van der Waals surface area contributed by atoms with Crippen LogP contribution < -0.4 is 0 Å². The predicted octanol–water partition coefficient (Wildman–Crippen LogP) is 6.57. The normalized spacial score (nSPS) is 10.6. The van der Waals surface area contributed by atoms with Crippen LogP contribution in [0.4, 0.5) is 0 Å². The number of carbonyl (C=O) groups excluding carboxylic acids is 1. The van der Waals surface area contributed by atoms with Gasteiger partial charge in [-0.05, 0) is 31.0 Å². The van der Waals surface area contributed by atoms with Crippen LogP contribution in [-0.2, 0) is 4.74 Å². The molecule has 4 rings (SSSR count). The van der Waals surface area contributed by atoms with E-state index >= 15 is 0 Å². The Morgan fingerprint density at radius 2 is 1.40 bits per heavy atom. The largest absolute Gasteiger partial charge is 0.462 e. The predicted molar refractivity (Wildman–Crippen MR) is 121 cm³/mol. The number of hydrogen-bond donors (Lipinski definition) is 0. The van der Waals surface area contributed by atoms with Crippen LogP contribution in [0.1, 0.15) is 22.8 Å². The molecule has 0 N–H and O–H groups in total. The van der Waals surface area contributed by atoms with Crippen molar-refractivity contribution in [3.05, 3.63) is 102 Å². The summed E-state index contributed by atoms with van der Waals surface area (Å²) in [6.07, 6.45) is 0. The molecule has 0 aliphatic rings. The molecule has 30 heavy (non-hydrogen) atoms. The van der Waals surface area contributed by atoms with Gasteiger partial charge in [0.25, 0.3) is 0 Å². The summed E-state index contributed by atoms with van der Waals surface area (Å²) < 4.78 is 5.46. The molecule has 0 saturated heterocycles. The number of carbonyl (C=O) groups is 1. The van der Waals surface area contributed by atoms with Gasteiger partial charge in [-0.1, -0.05) is 84.9 Å². The van der Waals surface area contributed by atoms with E-state index in [1.165, 1.54) is 0 Å². The Labute approximate surface area is 177 Å². The van der Waals surface area contributed by atoms with Crippen LogP contribution in [-0.4, -0.2) is 17.6 Å². The van der Waals surface area contributed by atoms with Gasteiger partial charge in [-0.15, -0.1) is 0 Å². The Morgan fingerprint density at radius 1 is 0.800 bits per heavy atom. The number of pyridine rings is 1. The summed E-state index contributed by atoms with van der Waals surface area (Å²) in [7, 11) is 0. The average molecular weight is 393 g/mol. The van der Waals surface area contributed by atoms with Crippen molar-refractivity contribution >= 4 is 5.97 Å². The maximum atomic E-state index is 13.1. The van der Waals surface area contributed by atoms with Crippen molar-refractivity contribution in [2.75, 3.05) is 6.61 Å². The van der Waals surface area contributed by atoms with Gasteiger partial charge in [0.15, 0.2) is 0 Å². The zero-order valence-corrected chi connectivity index (χ0v) is 17.1. The number of hydrogen-bond acceptors (Lipinski definition) is 3. The van der Waals surface area contributed by atoms with Gasteiger partial charge in [0.1, 0.15) is 0 Å². The summed E-state index contributed by atoms with van der Waals surface area (Å²) in [4.78, 5) is 18.1. The van der Waals surface area contributed by atoms with Crippen LogP contribution in [0.2, 0.25) is 0 Å². The summed E-state index contributed by atoms with van der Waals surface area (Å²) in [5, 5.41) is 0. The molecular weight excluding hydrogens is 370 g/mol. The Morgan fingerprint density at radius 3 is 2.03 bits per heavy atom. The number of aromatic nitrogens is 1. The van der Waals surface area contributed by atoms with Gasteiger partial charge in [0.05, 0.1) is 23.6 Å². The van der Waals surface area contributed by atoms with E-state index in [1.54, 1.807) is 0 Å². The van der Waals surface area contributed by atoms with Crippen LogP contribution in [0.15, 0.2) is 91.0 Å². The first-order valence-corrected chi connectivity index (χ1v) is 10.1. The van der Waals surface area contributed by atoms with Crippen LogP contribution in [0.5, 0.6) is 0 Å². The lowest BCUT2D eigenvalue weighted by Gasteiger charge is -2.17. The van der Waals surface area contributed by atoms with Crippen LogP contribution >= 0.6 is 0 Å². The third kappa shape index (κ3) is 3.87. The summed E-state index contributed by atoms with van der Waals surface area (Å²) in [6, 6.07) is 29.9. The highest BCUT2D eigenvalue weighted by Crippen LogP contribution is 2.36. The molecule has 0 aliphatic heterocycles. The highest BCUT2D eigenvalue weighted by molar-refractivity contribution is 6.04. The van der Waals surface area contributed by atoms with E-state index in [9.17, 15) is 4.79 Å². The fraction of sp³-hybridized carbons (Fsp3) is 0.111. The summed E-state index contributed by atoms with van der Waals surface area (Å²) in [5.41, 5.74) is 6.72. The fourth-order valence-electron chi connectivity index (χ4n) is 3.59. The van der Waals surface area contributed by atoms with Gasteiger partial charge in [0, 0.05) is 16.7 Å². The van der Waals surface area contributed by atoms with Crippen molar-refractivity contribution < 1.29 is 9.53 Å². The van der Waals surface area contributed by atoms with Gasteiger partial charge in [-0.25, -0.2) is 9.78 Å². The molecule has 148 valence electrons. The molecule has 0 radical (unpaired) electrons. The van der Waals surface area contributed by atoms with Gasteiger partial charge in [-0.2, -0.15) is 0 Å². The molecule has 1 heterocycles. The van der Waals surface area contributed by atoms with E-state index in [0.29, 0.717) is 17.9 Å². The van der Waals surface area contributed by atoms with Crippen LogP contribution in [0, 0.1) is 6.92 Å². The second-order valence-electron chi connectivity index (χ2n) is 7.05. The molecule has 4 aromatic rings. The van der Waals surface area contributed by atoms with Gasteiger partial charge in [0.2, 0.25) is 0 Å². The van der Waals surface area contributed by atoms with Crippen LogP contribution in [0.25, 0.3) is 33.6 Å². The molecule has 0 saturated carbocycles. The Bertz CT molecular complexity index is 1170. The highest BCUT2D eigenvalue weighted by Gasteiger charge is 2.24. The topological polar surface area (TPSA) is 39.2 Å². The molecular formula is C27H23NO2. The lowest BCUT2D eigenvalue weighted by molar-refractivity contribution is 0.0528. The van der Waals surface area contributed by atoms with Crippen molar-refractivity contribution in [2.45, 2.75) is 13.8 Å². The first kappa shape index (κ1) is 19.6. The molecule has 3 nitrogen and oxygen atoms in total. The first-order chi connectivity index (χ1) is 14.7. The number of nitrogens with zero attached hydrogens (tertiary/aromatic N) is 1. The molecule has 0 aliphatic carbocycles. The van der Waals surface area contributed by atoms with E-state index in [4.69, 9.17) is 9.72 Å². The van der Waals surface area contributed by atoms with Crippen molar-refractivity contribution in [2.24, 2.45) is 0 Å². The molecule has 0 spiro atoms. The number of ether oxygens (including phenoxy) is 1. The monoisotopic (exact) mass is 393 g/mol. The zero-order chi connectivity index (χ0) is 20.9. The van der Waals surface area contributed by atoms with E-state index in [2.05, 4.69) is 0 Å². The lowest BCUT2D eigenvalue weighted by atomic mass is 9.92. The summed E-state index contributed by atoms with van der Waals surface area (Å²) in [6.45, 7) is 4.16. The SMILES string of the molecule is CCOC(=O)c1c(-c2ccccc2)cc(-c2ccccc2)nc1-c1ccccc1C. The third-order valence-corrected chi connectivity index (χ3v) is 5.05. The smallest absolute Gasteiger partial charge is 0.340 e. The van der Waals surface area contributed by atoms with Crippen molar-refractivity contribution in [3.63, 3.8) is 0 Å². The van der Waals surface area contributed by atoms with E-state index in [0.717, 1.165) is 33.5 Å². The minimum atomic E-state index is -0.360. The minimum Gasteiger partial charge on any atom is -0.462 e. The molecule has 0 fully saturated rings. The molecule has 3 aromatic carbocycles. The Kier molecular flexibility index (Phi) is 5.71. The Hall–Kier alpha value is -3.72. The molecule has 3 heteroatoms. The number of aryl methyl sites for hydroxylation is 1. The van der Waals surface area contributed by atoms with Crippen molar-refractivity contribution in [1.29, 1.82) is 0 Å². The highest BCUT2D eigenvalue weighted by atomic mass is 16.5. The average Bonchev–Trinajstić information content (AvgIpc) is 2.80. The van der Waals surface area contributed by atoms with Crippen LogP contribution in [0.3, 0.4) is 0 Å².